The molecular formula is C11H11F3N2O3. The average molecular weight is 276 g/mol. The van der Waals surface area contributed by atoms with E-state index >= 15 is 0 Å². The van der Waals surface area contributed by atoms with E-state index < -0.39 is 31.1 Å². The van der Waals surface area contributed by atoms with Crippen molar-refractivity contribution >= 4 is 17.6 Å². The van der Waals surface area contributed by atoms with Gasteiger partial charge in [-0.2, -0.15) is 13.2 Å². The summed E-state index contributed by atoms with van der Waals surface area (Å²) in [6, 6.07) is 5.61. The second kappa shape index (κ2) is 6.19. The Bertz CT molecular complexity index is 474. The summed E-state index contributed by atoms with van der Waals surface area (Å²) in [6.45, 7) is -1.85. The van der Waals surface area contributed by atoms with E-state index in [1.165, 1.54) is 24.3 Å². The third-order valence-corrected chi connectivity index (χ3v) is 2.04. The van der Waals surface area contributed by atoms with Gasteiger partial charge in [-0.1, -0.05) is 12.1 Å². The molecule has 0 fully saturated rings. The first-order valence-corrected chi connectivity index (χ1v) is 5.19. The Hall–Kier alpha value is -2.09. The molecule has 0 heterocycles. The van der Waals surface area contributed by atoms with Crippen molar-refractivity contribution in [2.75, 3.05) is 18.4 Å². The lowest BCUT2D eigenvalue weighted by molar-refractivity contribution is -0.126. The molecule has 0 saturated heterocycles. The van der Waals surface area contributed by atoms with Crippen LogP contribution in [0.15, 0.2) is 24.3 Å². The second-order valence-corrected chi connectivity index (χ2v) is 3.62. The van der Waals surface area contributed by atoms with Crippen LogP contribution in [0.3, 0.4) is 0 Å². The van der Waals surface area contributed by atoms with Gasteiger partial charge in [0.25, 0.3) is 0 Å². The fourth-order valence-electron chi connectivity index (χ4n) is 1.29. The van der Waals surface area contributed by atoms with Gasteiger partial charge in [-0.15, -0.1) is 0 Å². The molecule has 1 aromatic rings. The summed E-state index contributed by atoms with van der Waals surface area (Å²) in [5.41, 5.74) is -0.0968. The third-order valence-electron chi connectivity index (χ3n) is 2.04. The van der Waals surface area contributed by atoms with Crippen LogP contribution in [0.2, 0.25) is 0 Å². The summed E-state index contributed by atoms with van der Waals surface area (Å²) in [6.07, 6.45) is -4.40. The van der Waals surface area contributed by atoms with Crippen LogP contribution in [0, 0.1) is 0 Å². The molecule has 0 unspecified atom stereocenters. The van der Waals surface area contributed by atoms with Crippen LogP contribution >= 0.6 is 0 Å². The van der Waals surface area contributed by atoms with Gasteiger partial charge in [0.1, 0.15) is 0 Å². The zero-order chi connectivity index (χ0) is 14.5. The Labute approximate surface area is 106 Å². The number of rotatable bonds is 5. The van der Waals surface area contributed by atoms with Gasteiger partial charge in [0.15, 0.2) is 0 Å². The molecule has 0 saturated carbocycles. The minimum atomic E-state index is -4.40. The van der Waals surface area contributed by atoms with E-state index in [4.69, 9.17) is 5.11 Å². The molecule has 0 aromatic heterocycles. The van der Waals surface area contributed by atoms with Gasteiger partial charge in [0, 0.05) is 0 Å². The first-order valence-electron chi connectivity index (χ1n) is 5.19. The third kappa shape index (κ3) is 5.38. The van der Waals surface area contributed by atoms with E-state index in [9.17, 15) is 22.8 Å². The van der Waals surface area contributed by atoms with Crippen LogP contribution < -0.4 is 10.6 Å². The molecule has 3 N–H and O–H groups in total. The molecule has 1 amide bonds. The quantitative estimate of drug-likeness (QED) is 0.761. The Kier molecular flexibility index (Phi) is 4.87. The van der Waals surface area contributed by atoms with Crippen LogP contribution in [-0.4, -0.2) is 36.2 Å². The van der Waals surface area contributed by atoms with Gasteiger partial charge >= 0.3 is 12.1 Å². The van der Waals surface area contributed by atoms with Crippen LogP contribution in [-0.2, 0) is 4.79 Å². The van der Waals surface area contributed by atoms with Crippen LogP contribution in [0.4, 0.5) is 18.9 Å². The maximum absolute atomic E-state index is 11.8. The number of hydrogen-bond donors (Lipinski definition) is 3. The second-order valence-electron chi connectivity index (χ2n) is 3.62. The number of amides is 1. The molecule has 0 radical (unpaired) electrons. The molecule has 0 atom stereocenters. The number of hydrogen-bond acceptors (Lipinski definition) is 3. The van der Waals surface area contributed by atoms with Crippen molar-refractivity contribution in [1.82, 2.24) is 5.32 Å². The Morgan fingerprint density at radius 3 is 2.42 bits per heavy atom. The maximum Gasteiger partial charge on any atom is 0.401 e. The lowest BCUT2D eigenvalue weighted by Gasteiger charge is -2.10. The number of benzene rings is 1. The van der Waals surface area contributed by atoms with Gasteiger partial charge in [-0.05, 0) is 12.1 Å². The molecule has 0 aliphatic heterocycles. The van der Waals surface area contributed by atoms with Crippen molar-refractivity contribution in [1.29, 1.82) is 0 Å². The fourth-order valence-corrected chi connectivity index (χ4v) is 1.29. The highest BCUT2D eigenvalue weighted by molar-refractivity contribution is 6.01. The zero-order valence-electron chi connectivity index (χ0n) is 9.62. The molecule has 8 heteroatoms. The van der Waals surface area contributed by atoms with E-state index in [0.29, 0.717) is 0 Å². The number of alkyl halides is 3. The average Bonchev–Trinajstić information content (AvgIpc) is 2.27. The first kappa shape index (κ1) is 15.0. The number of nitrogens with one attached hydrogen (secondary N) is 2. The molecule has 5 nitrogen and oxygen atoms in total. The number of carboxylic acids is 1. The number of anilines is 1. The molecule has 0 aliphatic carbocycles. The number of aromatic carboxylic acids is 1. The highest BCUT2D eigenvalue weighted by Crippen LogP contribution is 2.15. The van der Waals surface area contributed by atoms with Crippen molar-refractivity contribution in [3.63, 3.8) is 0 Å². The lowest BCUT2D eigenvalue weighted by atomic mass is 10.2. The molecule has 1 rings (SSSR count). The van der Waals surface area contributed by atoms with E-state index in [2.05, 4.69) is 5.32 Å². The standard InChI is InChI=1S/C11H11F3N2O3/c12-11(13,14)6-15-5-9(17)16-8-4-2-1-3-7(8)10(18)19/h1-4,15H,5-6H2,(H,16,17)(H,18,19). The molecule has 19 heavy (non-hydrogen) atoms. The predicted molar refractivity (Wildman–Crippen MR) is 61.0 cm³/mol. The smallest absolute Gasteiger partial charge is 0.401 e. The zero-order valence-corrected chi connectivity index (χ0v) is 9.62. The highest BCUT2D eigenvalue weighted by atomic mass is 19.4. The van der Waals surface area contributed by atoms with Gasteiger partial charge in [0.2, 0.25) is 5.91 Å². The monoisotopic (exact) mass is 276 g/mol. The minimum absolute atomic E-state index is 0.0359. The number of carbonyl (C=O) groups excluding carboxylic acids is 1. The molecule has 0 aliphatic rings. The van der Waals surface area contributed by atoms with Gasteiger partial charge in [-0.25, -0.2) is 4.79 Å². The summed E-state index contributed by atoms with van der Waals surface area (Å²) in [4.78, 5) is 22.2. The van der Waals surface area contributed by atoms with Crippen LogP contribution in [0.25, 0.3) is 0 Å². The summed E-state index contributed by atoms with van der Waals surface area (Å²) < 4.78 is 35.5. The molecule has 0 spiro atoms. The largest absolute Gasteiger partial charge is 0.478 e. The predicted octanol–water partition coefficient (Wildman–Crippen LogP) is 1.48. The Morgan fingerprint density at radius 1 is 1.21 bits per heavy atom. The lowest BCUT2D eigenvalue weighted by Crippen LogP contribution is -2.35. The van der Waals surface area contributed by atoms with E-state index in [1.54, 1.807) is 0 Å². The van der Waals surface area contributed by atoms with Crippen molar-refractivity contribution < 1.29 is 27.9 Å². The molecule has 104 valence electrons. The number of halogens is 3. The molecule has 0 bridgehead atoms. The van der Waals surface area contributed by atoms with Crippen molar-refractivity contribution in [3.05, 3.63) is 29.8 Å². The first-order chi connectivity index (χ1) is 8.79. The van der Waals surface area contributed by atoms with E-state index in [1.807, 2.05) is 5.32 Å². The van der Waals surface area contributed by atoms with Gasteiger partial charge < -0.3 is 15.7 Å². The summed E-state index contributed by atoms with van der Waals surface area (Å²) in [7, 11) is 0. The summed E-state index contributed by atoms with van der Waals surface area (Å²) >= 11 is 0. The molecular weight excluding hydrogens is 265 g/mol. The Morgan fingerprint density at radius 2 is 1.84 bits per heavy atom. The van der Waals surface area contributed by atoms with Crippen LogP contribution in [0.5, 0.6) is 0 Å². The van der Waals surface area contributed by atoms with Crippen molar-refractivity contribution in [2.45, 2.75) is 6.18 Å². The molecule has 1 aromatic carbocycles. The SMILES string of the molecule is O=C(CNCC(F)(F)F)Nc1ccccc1C(=O)O. The number of carbonyl (C=O) groups is 2. The van der Waals surface area contributed by atoms with E-state index in [-0.39, 0.29) is 11.3 Å². The number of carboxylic acid groups (broad SMARTS) is 1. The van der Waals surface area contributed by atoms with Crippen molar-refractivity contribution in [3.8, 4) is 0 Å². The van der Waals surface area contributed by atoms with E-state index in [0.717, 1.165) is 0 Å². The van der Waals surface area contributed by atoms with Gasteiger partial charge in [-0.3, -0.25) is 4.79 Å². The normalized spacial score (nSPS) is 11.1. The van der Waals surface area contributed by atoms with Gasteiger partial charge in [0.05, 0.1) is 24.3 Å². The Balaban J connectivity index is 2.56. The minimum Gasteiger partial charge on any atom is -0.478 e. The summed E-state index contributed by atoms with van der Waals surface area (Å²) in [5.74, 6) is -1.99. The van der Waals surface area contributed by atoms with Crippen molar-refractivity contribution in [2.24, 2.45) is 0 Å². The topological polar surface area (TPSA) is 78.4 Å². The highest BCUT2D eigenvalue weighted by Gasteiger charge is 2.26. The number of para-hydroxylation sites is 1. The maximum atomic E-state index is 11.8. The summed E-state index contributed by atoms with van der Waals surface area (Å²) in [5, 5.41) is 13.0. The fraction of sp³-hybridized carbons (Fsp3) is 0.273. The van der Waals surface area contributed by atoms with Crippen LogP contribution in [0.1, 0.15) is 10.4 Å².